The first-order valence-corrected chi connectivity index (χ1v) is 10.5. The molecule has 1 saturated heterocycles. The van der Waals surface area contributed by atoms with Crippen molar-refractivity contribution < 1.29 is 9.59 Å². The van der Waals surface area contributed by atoms with Gasteiger partial charge < -0.3 is 10.2 Å². The number of hydrogen-bond acceptors (Lipinski definition) is 5. The fourth-order valence-electron chi connectivity index (χ4n) is 3.35. The van der Waals surface area contributed by atoms with E-state index in [1.807, 2.05) is 17.2 Å². The zero-order valence-corrected chi connectivity index (χ0v) is 16.8. The highest BCUT2D eigenvalue weighted by molar-refractivity contribution is 7.09. The minimum absolute atomic E-state index is 0.0270. The normalized spacial score (nSPS) is 16.4. The number of carbonyl (C=O) groups excluding carboxylic acids is 2. The summed E-state index contributed by atoms with van der Waals surface area (Å²) >= 11 is 1.63. The first-order valence-electron chi connectivity index (χ1n) is 9.61. The molecular weight excluding hydrogens is 372 g/mol. The molecule has 0 aliphatic carbocycles. The molecule has 2 amide bonds. The summed E-state index contributed by atoms with van der Waals surface area (Å²) in [5, 5.41) is 15.0. The molecule has 0 bridgehead atoms. The lowest BCUT2D eigenvalue weighted by Crippen LogP contribution is -2.39. The number of piperidine rings is 1. The third-order valence-electron chi connectivity index (χ3n) is 4.89. The summed E-state index contributed by atoms with van der Waals surface area (Å²) < 4.78 is 0. The van der Waals surface area contributed by atoms with E-state index < -0.39 is 0 Å². The molecule has 1 fully saturated rings. The molecule has 3 rings (SSSR count). The summed E-state index contributed by atoms with van der Waals surface area (Å²) in [6.07, 6.45) is 3.17. The van der Waals surface area contributed by atoms with Crippen LogP contribution < -0.4 is 5.32 Å². The van der Waals surface area contributed by atoms with Gasteiger partial charge in [-0.3, -0.25) is 9.59 Å². The first kappa shape index (κ1) is 20.0. The molecule has 0 saturated carbocycles. The van der Waals surface area contributed by atoms with Crippen LogP contribution in [0.25, 0.3) is 0 Å². The van der Waals surface area contributed by atoms with Crippen LogP contribution in [0.1, 0.15) is 58.7 Å². The molecule has 1 aromatic heterocycles. The Balaban J connectivity index is 1.61. The van der Waals surface area contributed by atoms with Gasteiger partial charge in [0.05, 0.1) is 22.3 Å². The highest BCUT2D eigenvalue weighted by atomic mass is 32.1. The number of likely N-dealkylation sites (tertiary alicyclic amines) is 1. The number of nitrogens with one attached hydrogen (secondary N) is 1. The van der Waals surface area contributed by atoms with Crippen molar-refractivity contribution in [3.05, 3.63) is 51.5 Å². The lowest BCUT2D eigenvalue weighted by Gasteiger charge is -2.32. The van der Waals surface area contributed by atoms with Crippen molar-refractivity contribution in [3.8, 4) is 6.07 Å². The molecular formula is C21H24N4O2S. The number of thiazole rings is 1. The molecule has 1 N–H and O–H groups in total. The highest BCUT2D eigenvalue weighted by Crippen LogP contribution is 2.30. The fourth-order valence-corrected chi connectivity index (χ4v) is 4.33. The van der Waals surface area contributed by atoms with Gasteiger partial charge in [-0.2, -0.15) is 5.26 Å². The van der Waals surface area contributed by atoms with Gasteiger partial charge >= 0.3 is 0 Å². The van der Waals surface area contributed by atoms with Gasteiger partial charge in [0.2, 0.25) is 5.91 Å². The van der Waals surface area contributed by atoms with Crippen molar-refractivity contribution >= 4 is 23.2 Å². The van der Waals surface area contributed by atoms with Crippen molar-refractivity contribution in [1.29, 1.82) is 5.26 Å². The van der Waals surface area contributed by atoms with Crippen LogP contribution in [0.5, 0.6) is 0 Å². The topological polar surface area (TPSA) is 86.1 Å². The molecule has 146 valence electrons. The standard InChI is InChI=1S/C21H24N4O2S/c1-2-19(26)23-9-8-18-14-28-20(24-18)17-7-4-10-25(13-17)21(27)16-6-3-5-15(11-16)12-22/h3,5-6,11,14,17H,2,4,7-10,13H2,1H3,(H,23,26)/t17-/m0/s1. The van der Waals surface area contributed by atoms with E-state index >= 15 is 0 Å². The van der Waals surface area contributed by atoms with Crippen molar-refractivity contribution in [3.63, 3.8) is 0 Å². The van der Waals surface area contributed by atoms with Crippen molar-refractivity contribution in [1.82, 2.24) is 15.2 Å². The third kappa shape index (κ3) is 4.96. The lowest BCUT2D eigenvalue weighted by atomic mass is 9.97. The Morgan fingerprint density at radius 3 is 3.07 bits per heavy atom. The summed E-state index contributed by atoms with van der Waals surface area (Å²) in [5.41, 5.74) is 2.05. The number of carbonyl (C=O) groups is 2. The molecule has 7 heteroatoms. The van der Waals surface area contributed by atoms with Crippen LogP contribution in [0.4, 0.5) is 0 Å². The zero-order valence-electron chi connectivity index (χ0n) is 16.0. The van der Waals surface area contributed by atoms with E-state index in [4.69, 9.17) is 10.2 Å². The van der Waals surface area contributed by atoms with Crippen LogP contribution in [-0.2, 0) is 11.2 Å². The molecule has 0 unspecified atom stereocenters. The summed E-state index contributed by atoms with van der Waals surface area (Å²) in [6.45, 7) is 3.81. The quantitative estimate of drug-likeness (QED) is 0.813. The van der Waals surface area contributed by atoms with Crippen LogP contribution in [0.2, 0.25) is 0 Å². The zero-order chi connectivity index (χ0) is 19.9. The van der Waals surface area contributed by atoms with Gasteiger partial charge in [-0.15, -0.1) is 11.3 Å². The van der Waals surface area contributed by atoms with Crippen LogP contribution in [0.15, 0.2) is 29.6 Å². The van der Waals surface area contributed by atoms with Crippen molar-refractivity contribution in [2.45, 2.75) is 38.5 Å². The number of nitrogens with zero attached hydrogens (tertiary/aromatic N) is 3. The predicted molar refractivity (Wildman–Crippen MR) is 108 cm³/mol. The van der Waals surface area contributed by atoms with Gasteiger partial charge in [-0.1, -0.05) is 13.0 Å². The maximum atomic E-state index is 12.8. The minimum Gasteiger partial charge on any atom is -0.356 e. The van der Waals surface area contributed by atoms with Crippen LogP contribution >= 0.6 is 11.3 Å². The largest absolute Gasteiger partial charge is 0.356 e. The molecule has 2 aromatic rings. The van der Waals surface area contributed by atoms with Gasteiger partial charge in [-0.05, 0) is 31.0 Å². The van der Waals surface area contributed by atoms with Crippen molar-refractivity contribution in [2.24, 2.45) is 0 Å². The Labute approximate surface area is 169 Å². The predicted octanol–water partition coefficient (Wildman–Crippen LogP) is 3.10. The fraction of sp³-hybridized carbons (Fsp3) is 0.429. The average Bonchev–Trinajstić information content (AvgIpc) is 3.22. The van der Waals surface area contributed by atoms with E-state index in [0.717, 1.165) is 36.5 Å². The van der Waals surface area contributed by atoms with E-state index in [2.05, 4.69) is 11.4 Å². The van der Waals surface area contributed by atoms with Gasteiger partial charge in [0.1, 0.15) is 0 Å². The SMILES string of the molecule is CCC(=O)NCCc1csc([C@H]2CCCN(C(=O)c3cccc(C#N)c3)C2)n1. The first-order chi connectivity index (χ1) is 13.6. The van der Waals surface area contributed by atoms with E-state index in [1.165, 1.54) is 0 Å². The van der Waals surface area contributed by atoms with Gasteiger partial charge in [0.25, 0.3) is 5.91 Å². The Hall–Kier alpha value is -2.72. The number of amides is 2. The maximum Gasteiger partial charge on any atom is 0.253 e. The summed E-state index contributed by atoms with van der Waals surface area (Å²) in [4.78, 5) is 30.8. The smallest absolute Gasteiger partial charge is 0.253 e. The lowest BCUT2D eigenvalue weighted by molar-refractivity contribution is -0.120. The number of benzene rings is 1. The third-order valence-corrected chi connectivity index (χ3v) is 5.95. The average molecular weight is 397 g/mol. The van der Waals surface area contributed by atoms with Crippen molar-refractivity contribution in [2.75, 3.05) is 19.6 Å². The van der Waals surface area contributed by atoms with Gasteiger partial charge in [-0.25, -0.2) is 4.98 Å². The number of nitriles is 1. The van der Waals surface area contributed by atoms with Crippen LogP contribution in [0.3, 0.4) is 0 Å². The molecule has 6 nitrogen and oxygen atoms in total. The Morgan fingerprint density at radius 2 is 2.29 bits per heavy atom. The molecule has 1 aliphatic rings. The number of hydrogen-bond donors (Lipinski definition) is 1. The molecule has 28 heavy (non-hydrogen) atoms. The van der Waals surface area contributed by atoms with E-state index in [9.17, 15) is 9.59 Å². The molecule has 1 atom stereocenters. The second-order valence-electron chi connectivity index (χ2n) is 6.91. The monoisotopic (exact) mass is 396 g/mol. The van der Waals surface area contributed by atoms with E-state index in [-0.39, 0.29) is 17.7 Å². The molecule has 0 radical (unpaired) electrons. The summed E-state index contributed by atoms with van der Waals surface area (Å²) in [5.74, 6) is 0.263. The van der Waals surface area contributed by atoms with Crippen LogP contribution in [-0.4, -0.2) is 41.3 Å². The second kappa shape index (κ2) is 9.47. The van der Waals surface area contributed by atoms with E-state index in [1.54, 1.807) is 35.6 Å². The van der Waals surface area contributed by atoms with E-state index in [0.29, 0.717) is 30.6 Å². The van der Waals surface area contributed by atoms with Crippen LogP contribution in [0, 0.1) is 11.3 Å². The molecule has 1 aliphatic heterocycles. The Morgan fingerprint density at radius 1 is 1.43 bits per heavy atom. The minimum atomic E-state index is -0.0270. The molecule has 2 heterocycles. The summed E-state index contributed by atoms with van der Waals surface area (Å²) in [7, 11) is 0. The second-order valence-corrected chi connectivity index (χ2v) is 7.80. The Kier molecular flexibility index (Phi) is 6.77. The van der Waals surface area contributed by atoms with Gasteiger partial charge in [0, 0.05) is 49.3 Å². The molecule has 1 aromatic carbocycles. The maximum absolute atomic E-state index is 12.8. The van der Waals surface area contributed by atoms with Gasteiger partial charge in [0.15, 0.2) is 0 Å². The Bertz CT molecular complexity index is 887. The highest BCUT2D eigenvalue weighted by Gasteiger charge is 2.27. The summed E-state index contributed by atoms with van der Waals surface area (Å²) in [6, 6.07) is 8.95. The number of rotatable bonds is 6. The molecule has 0 spiro atoms. The number of aromatic nitrogens is 1.